The number of rotatable bonds is 6. The lowest BCUT2D eigenvalue weighted by molar-refractivity contribution is 0.224. The summed E-state index contributed by atoms with van der Waals surface area (Å²) in [5.74, 6) is 0.848. The minimum Gasteiger partial charge on any atom is -0.496 e. The highest BCUT2D eigenvalue weighted by atomic mass is 32.1. The molecule has 2 aromatic rings. The summed E-state index contributed by atoms with van der Waals surface area (Å²) in [4.78, 5) is 14.5. The SMILES string of the molecule is COc1ccccc1[C@H](CNC(=O)Nc1nncs1)N1CCCC1. The highest BCUT2D eigenvalue weighted by Gasteiger charge is 2.26. The summed E-state index contributed by atoms with van der Waals surface area (Å²) in [5.41, 5.74) is 2.68. The van der Waals surface area contributed by atoms with Crippen molar-refractivity contribution in [2.24, 2.45) is 0 Å². The molecule has 0 saturated carbocycles. The Bertz CT molecular complexity index is 658. The molecule has 1 saturated heterocycles. The standard InChI is InChI=1S/C16H21N5O2S/c1-23-14-7-3-2-6-12(14)13(21-8-4-5-9-21)10-17-15(22)19-16-20-18-11-24-16/h2-3,6-7,11,13H,4-5,8-10H2,1H3,(H2,17,19,20,22)/t13-/m0/s1. The molecule has 8 heteroatoms. The summed E-state index contributed by atoms with van der Waals surface area (Å²) >= 11 is 1.29. The maximum atomic E-state index is 12.1. The third kappa shape index (κ3) is 4.01. The first-order chi connectivity index (χ1) is 11.8. The molecule has 0 radical (unpaired) electrons. The van der Waals surface area contributed by atoms with E-state index in [1.165, 1.54) is 24.2 Å². The van der Waals surface area contributed by atoms with Crippen molar-refractivity contribution in [2.75, 3.05) is 32.1 Å². The van der Waals surface area contributed by atoms with Crippen LogP contribution in [0.3, 0.4) is 0 Å². The number of amides is 2. The van der Waals surface area contributed by atoms with Crippen LogP contribution in [0, 0.1) is 0 Å². The average Bonchev–Trinajstić information content (AvgIpc) is 3.29. The molecule has 1 aliphatic rings. The maximum Gasteiger partial charge on any atom is 0.321 e. The molecule has 0 unspecified atom stereocenters. The second kappa shape index (κ2) is 8.07. The van der Waals surface area contributed by atoms with Gasteiger partial charge in [0.2, 0.25) is 5.13 Å². The summed E-state index contributed by atoms with van der Waals surface area (Å²) in [6, 6.07) is 7.79. The number of carbonyl (C=O) groups is 1. The van der Waals surface area contributed by atoms with Crippen LogP contribution in [0.2, 0.25) is 0 Å². The number of nitrogens with one attached hydrogen (secondary N) is 2. The topological polar surface area (TPSA) is 79.4 Å². The Kier molecular flexibility index (Phi) is 5.60. The number of aromatic nitrogens is 2. The number of nitrogens with zero attached hydrogens (tertiary/aromatic N) is 3. The van der Waals surface area contributed by atoms with Gasteiger partial charge in [-0.05, 0) is 32.0 Å². The van der Waals surface area contributed by atoms with Crippen LogP contribution in [0.1, 0.15) is 24.4 Å². The third-order valence-corrected chi connectivity index (χ3v) is 4.72. The number of ether oxygens (including phenoxy) is 1. The van der Waals surface area contributed by atoms with Crippen LogP contribution in [0.5, 0.6) is 5.75 Å². The first kappa shape index (κ1) is 16.7. The van der Waals surface area contributed by atoms with Gasteiger partial charge in [0.25, 0.3) is 0 Å². The van der Waals surface area contributed by atoms with Gasteiger partial charge in [0.1, 0.15) is 11.3 Å². The quantitative estimate of drug-likeness (QED) is 0.839. The highest BCUT2D eigenvalue weighted by molar-refractivity contribution is 7.13. The predicted molar refractivity (Wildman–Crippen MR) is 93.5 cm³/mol. The molecular weight excluding hydrogens is 326 g/mol. The van der Waals surface area contributed by atoms with Crippen molar-refractivity contribution in [3.63, 3.8) is 0 Å². The van der Waals surface area contributed by atoms with E-state index in [2.05, 4.69) is 31.8 Å². The van der Waals surface area contributed by atoms with Gasteiger partial charge in [-0.3, -0.25) is 10.2 Å². The maximum absolute atomic E-state index is 12.1. The van der Waals surface area contributed by atoms with E-state index in [1.807, 2.05) is 18.2 Å². The molecule has 1 aromatic heterocycles. The number of hydrogen-bond donors (Lipinski definition) is 2. The fraction of sp³-hybridized carbons (Fsp3) is 0.438. The number of likely N-dealkylation sites (tertiary alicyclic amines) is 1. The summed E-state index contributed by atoms with van der Waals surface area (Å²) in [5, 5.41) is 13.6. The van der Waals surface area contributed by atoms with E-state index < -0.39 is 0 Å². The van der Waals surface area contributed by atoms with Crippen molar-refractivity contribution < 1.29 is 9.53 Å². The number of anilines is 1. The van der Waals surface area contributed by atoms with Crippen LogP contribution in [0.25, 0.3) is 0 Å². The second-order valence-electron chi connectivity index (χ2n) is 5.58. The largest absolute Gasteiger partial charge is 0.496 e. The van der Waals surface area contributed by atoms with Crippen molar-refractivity contribution in [3.05, 3.63) is 35.3 Å². The van der Waals surface area contributed by atoms with E-state index in [-0.39, 0.29) is 12.1 Å². The van der Waals surface area contributed by atoms with E-state index in [9.17, 15) is 4.79 Å². The van der Waals surface area contributed by atoms with Gasteiger partial charge in [-0.25, -0.2) is 4.79 Å². The first-order valence-corrected chi connectivity index (χ1v) is 8.84. The van der Waals surface area contributed by atoms with Gasteiger partial charge in [-0.1, -0.05) is 29.5 Å². The van der Waals surface area contributed by atoms with Gasteiger partial charge < -0.3 is 10.1 Å². The Hall–Kier alpha value is -2.19. The summed E-state index contributed by atoms with van der Waals surface area (Å²) in [6.07, 6.45) is 2.37. The lowest BCUT2D eigenvalue weighted by Crippen LogP contribution is -2.38. The molecule has 7 nitrogen and oxygen atoms in total. The number of benzene rings is 1. The smallest absolute Gasteiger partial charge is 0.321 e. The van der Waals surface area contributed by atoms with Crippen molar-refractivity contribution >= 4 is 22.5 Å². The molecule has 0 spiro atoms. The zero-order chi connectivity index (χ0) is 16.8. The van der Waals surface area contributed by atoms with E-state index >= 15 is 0 Å². The van der Waals surface area contributed by atoms with Crippen LogP contribution >= 0.6 is 11.3 Å². The fourth-order valence-corrected chi connectivity index (χ4v) is 3.43. The number of methoxy groups -OCH3 is 1. The monoisotopic (exact) mass is 347 g/mol. The fourth-order valence-electron chi connectivity index (χ4n) is 2.99. The lowest BCUT2D eigenvalue weighted by Gasteiger charge is -2.29. The van der Waals surface area contributed by atoms with Crippen LogP contribution in [0.4, 0.5) is 9.93 Å². The molecule has 3 rings (SSSR count). The Morgan fingerprint density at radius 2 is 2.17 bits per heavy atom. The molecule has 2 amide bonds. The number of urea groups is 1. The van der Waals surface area contributed by atoms with Gasteiger partial charge in [0.15, 0.2) is 0 Å². The summed E-state index contributed by atoms with van der Waals surface area (Å²) < 4.78 is 5.51. The minimum absolute atomic E-state index is 0.0869. The third-order valence-electron chi connectivity index (χ3n) is 4.12. The first-order valence-electron chi connectivity index (χ1n) is 7.96. The minimum atomic E-state index is -0.272. The Labute approximate surface area is 145 Å². The second-order valence-corrected chi connectivity index (χ2v) is 6.41. The Morgan fingerprint density at radius 3 is 2.88 bits per heavy atom. The van der Waals surface area contributed by atoms with Gasteiger partial charge in [0, 0.05) is 12.1 Å². The van der Waals surface area contributed by atoms with E-state index in [1.54, 1.807) is 12.6 Å². The molecule has 1 fully saturated rings. The molecule has 0 aliphatic carbocycles. The van der Waals surface area contributed by atoms with Crippen LogP contribution < -0.4 is 15.4 Å². The molecule has 1 atom stereocenters. The molecule has 1 aromatic carbocycles. The number of carbonyl (C=O) groups excluding carboxylic acids is 1. The molecule has 2 heterocycles. The van der Waals surface area contributed by atoms with Crippen LogP contribution in [-0.4, -0.2) is 47.9 Å². The lowest BCUT2D eigenvalue weighted by atomic mass is 10.0. The zero-order valence-electron chi connectivity index (χ0n) is 13.6. The van der Waals surface area contributed by atoms with Gasteiger partial charge >= 0.3 is 6.03 Å². The van der Waals surface area contributed by atoms with Gasteiger partial charge in [0.05, 0.1) is 13.2 Å². The molecular formula is C16H21N5O2S. The molecule has 2 N–H and O–H groups in total. The molecule has 1 aliphatic heterocycles. The van der Waals surface area contributed by atoms with Crippen molar-refractivity contribution in [2.45, 2.75) is 18.9 Å². The summed E-state index contributed by atoms with van der Waals surface area (Å²) in [6.45, 7) is 2.57. The molecule has 0 bridgehead atoms. The van der Waals surface area contributed by atoms with Gasteiger partial charge in [-0.15, -0.1) is 10.2 Å². The van der Waals surface area contributed by atoms with Crippen LogP contribution in [-0.2, 0) is 0 Å². The Balaban J connectivity index is 1.69. The zero-order valence-corrected chi connectivity index (χ0v) is 14.4. The predicted octanol–water partition coefficient (Wildman–Crippen LogP) is 2.51. The van der Waals surface area contributed by atoms with Crippen molar-refractivity contribution in [1.29, 1.82) is 0 Å². The van der Waals surface area contributed by atoms with Crippen molar-refractivity contribution in [1.82, 2.24) is 20.4 Å². The average molecular weight is 347 g/mol. The summed E-state index contributed by atoms with van der Waals surface area (Å²) in [7, 11) is 1.68. The Morgan fingerprint density at radius 1 is 1.38 bits per heavy atom. The van der Waals surface area contributed by atoms with E-state index in [0.29, 0.717) is 11.7 Å². The number of para-hydroxylation sites is 1. The normalized spacial score (nSPS) is 15.9. The molecule has 128 valence electrons. The van der Waals surface area contributed by atoms with Crippen LogP contribution in [0.15, 0.2) is 29.8 Å². The number of hydrogen-bond acceptors (Lipinski definition) is 6. The van der Waals surface area contributed by atoms with Crippen molar-refractivity contribution in [3.8, 4) is 5.75 Å². The van der Waals surface area contributed by atoms with Gasteiger partial charge in [-0.2, -0.15) is 0 Å². The molecule has 24 heavy (non-hydrogen) atoms. The highest BCUT2D eigenvalue weighted by Crippen LogP contribution is 2.31. The van der Waals surface area contributed by atoms with E-state index in [0.717, 1.165) is 24.4 Å². The van der Waals surface area contributed by atoms with E-state index in [4.69, 9.17) is 4.74 Å².